The van der Waals surface area contributed by atoms with Gasteiger partial charge in [-0.05, 0) is 37.7 Å². The lowest BCUT2D eigenvalue weighted by Crippen LogP contribution is -2.53. The number of aromatic nitrogens is 4. The van der Waals surface area contributed by atoms with E-state index in [0.29, 0.717) is 24.8 Å². The van der Waals surface area contributed by atoms with Crippen LogP contribution >= 0.6 is 11.8 Å². The SMILES string of the molecule is CC(=O)O.N=C(N)N1CCC[C@@H](CNC(=O)C[C@H](NC(=O)CSc2ncccn2)C(=O)N(CCNC(=O)c2cnccn2)C2CC2)C1. The first-order valence-electron chi connectivity index (χ1n) is 15.1. The summed E-state index contributed by atoms with van der Waals surface area (Å²) in [5, 5.41) is 23.9. The predicted octanol–water partition coefficient (Wildman–Crippen LogP) is -0.533. The Morgan fingerprint density at radius 2 is 1.81 bits per heavy atom. The Balaban J connectivity index is 0.00000142. The molecule has 7 N–H and O–H groups in total. The summed E-state index contributed by atoms with van der Waals surface area (Å²) in [6, 6.07) is 0.543. The Morgan fingerprint density at radius 1 is 1.09 bits per heavy atom. The van der Waals surface area contributed by atoms with Crippen molar-refractivity contribution in [1.29, 1.82) is 5.41 Å². The van der Waals surface area contributed by atoms with Crippen LogP contribution in [0.4, 0.5) is 0 Å². The van der Waals surface area contributed by atoms with Crippen molar-refractivity contribution >= 4 is 47.3 Å². The zero-order chi connectivity index (χ0) is 34.2. The summed E-state index contributed by atoms with van der Waals surface area (Å²) in [6.45, 7) is 3.12. The molecule has 2 aliphatic rings. The minimum Gasteiger partial charge on any atom is -0.481 e. The quantitative estimate of drug-likeness (QED) is 0.0640. The number of carbonyl (C=O) groups is 5. The molecule has 2 aromatic rings. The van der Waals surface area contributed by atoms with Gasteiger partial charge in [0, 0.05) is 70.5 Å². The Hall–Kier alpha value is -4.87. The number of nitrogens with two attached hydrogens (primary N) is 1. The lowest BCUT2D eigenvalue weighted by atomic mass is 9.98. The van der Waals surface area contributed by atoms with Gasteiger partial charge in [0.05, 0.1) is 18.4 Å². The molecule has 1 aliphatic heterocycles. The second-order valence-electron chi connectivity index (χ2n) is 10.9. The number of carboxylic acid groups (broad SMARTS) is 1. The van der Waals surface area contributed by atoms with E-state index in [4.69, 9.17) is 21.0 Å². The summed E-state index contributed by atoms with van der Waals surface area (Å²) in [5.41, 5.74) is 5.80. The van der Waals surface area contributed by atoms with Gasteiger partial charge in [-0.3, -0.25) is 34.4 Å². The second kappa shape index (κ2) is 18.9. The molecule has 1 saturated heterocycles. The van der Waals surface area contributed by atoms with Gasteiger partial charge in [-0.1, -0.05) is 11.8 Å². The van der Waals surface area contributed by atoms with E-state index < -0.39 is 23.8 Å². The van der Waals surface area contributed by atoms with E-state index in [1.165, 1.54) is 18.6 Å². The number of carbonyl (C=O) groups excluding carboxylic acids is 4. The molecule has 0 aromatic carbocycles. The molecule has 4 amide bonds. The lowest BCUT2D eigenvalue weighted by Gasteiger charge is -2.33. The van der Waals surface area contributed by atoms with Crippen LogP contribution in [-0.2, 0) is 19.2 Å². The van der Waals surface area contributed by atoms with E-state index in [0.717, 1.165) is 44.4 Å². The maximum atomic E-state index is 13.8. The van der Waals surface area contributed by atoms with Gasteiger partial charge in [0.25, 0.3) is 11.9 Å². The number of guanidine groups is 1. The van der Waals surface area contributed by atoms with Crippen LogP contribution in [0.15, 0.2) is 42.2 Å². The second-order valence-corrected chi connectivity index (χ2v) is 11.9. The molecule has 4 rings (SSSR count). The van der Waals surface area contributed by atoms with Gasteiger partial charge < -0.3 is 36.6 Å². The zero-order valence-corrected chi connectivity index (χ0v) is 26.9. The number of hydrogen-bond acceptors (Lipinski definition) is 11. The van der Waals surface area contributed by atoms with Gasteiger partial charge in [-0.2, -0.15) is 0 Å². The van der Waals surface area contributed by atoms with Crippen LogP contribution < -0.4 is 21.7 Å². The number of thioether (sulfide) groups is 1. The number of likely N-dealkylation sites (tertiary alicyclic amines) is 1. The maximum Gasteiger partial charge on any atom is 0.300 e. The van der Waals surface area contributed by atoms with Gasteiger partial charge in [-0.15, -0.1) is 0 Å². The van der Waals surface area contributed by atoms with Crippen molar-refractivity contribution in [2.75, 3.05) is 38.5 Å². The van der Waals surface area contributed by atoms with Crippen LogP contribution in [-0.4, -0.2) is 121 Å². The van der Waals surface area contributed by atoms with Gasteiger partial charge in [0.15, 0.2) is 11.1 Å². The number of rotatable bonds is 14. The molecule has 0 radical (unpaired) electrons. The van der Waals surface area contributed by atoms with Gasteiger partial charge >= 0.3 is 0 Å². The third-order valence-electron chi connectivity index (χ3n) is 7.05. The van der Waals surface area contributed by atoms with Crippen LogP contribution in [0.25, 0.3) is 0 Å². The number of nitrogens with zero attached hydrogens (tertiary/aromatic N) is 6. The van der Waals surface area contributed by atoms with E-state index in [9.17, 15) is 19.2 Å². The number of hydrogen-bond donors (Lipinski definition) is 6. The Morgan fingerprint density at radius 3 is 2.45 bits per heavy atom. The highest BCUT2D eigenvalue weighted by molar-refractivity contribution is 7.99. The lowest BCUT2D eigenvalue weighted by molar-refractivity contribution is -0.138. The van der Waals surface area contributed by atoms with E-state index in [2.05, 4.69) is 35.9 Å². The number of nitrogens with one attached hydrogen (secondary N) is 4. The summed E-state index contributed by atoms with van der Waals surface area (Å²) in [6.07, 6.45) is 10.5. The zero-order valence-electron chi connectivity index (χ0n) is 26.1. The van der Waals surface area contributed by atoms with Crippen molar-refractivity contribution in [3.8, 4) is 0 Å². The molecule has 254 valence electrons. The first kappa shape index (κ1) is 36.6. The third kappa shape index (κ3) is 13.6. The molecule has 2 aromatic heterocycles. The van der Waals surface area contributed by atoms with Crippen molar-refractivity contribution in [3.63, 3.8) is 0 Å². The fourth-order valence-electron chi connectivity index (χ4n) is 4.75. The fraction of sp³-hybridized carbons (Fsp3) is 0.517. The number of amides is 4. The number of aliphatic carboxylic acids is 1. The first-order chi connectivity index (χ1) is 22.5. The van der Waals surface area contributed by atoms with Crippen LogP contribution in [0.2, 0.25) is 0 Å². The number of piperidine rings is 1. The van der Waals surface area contributed by atoms with Crippen molar-refractivity contribution in [3.05, 3.63) is 42.7 Å². The molecule has 17 nitrogen and oxygen atoms in total. The van der Waals surface area contributed by atoms with Gasteiger partial charge in [0.2, 0.25) is 17.7 Å². The van der Waals surface area contributed by atoms with E-state index in [1.807, 2.05) is 0 Å². The Kier molecular flexibility index (Phi) is 14.8. The highest BCUT2D eigenvalue weighted by Gasteiger charge is 2.37. The van der Waals surface area contributed by atoms with E-state index in [1.54, 1.807) is 28.3 Å². The summed E-state index contributed by atoms with van der Waals surface area (Å²) >= 11 is 1.12. The highest BCUT2D eigenvalue weighted by atomic mass is 32.2. The van der Waals surface area contributed by atoms with Crippen LogP contribution in [0.3, 0.4) is 0 Å². The molecule has 3 heterocycles. The van der Waals surface area contributed by atoms with Gasteiger partial charge in [0.1, 0.15) is 11.7 Å². The fourth-order valence-corrected chi connectivity index (χ4v) is 5.36. The molecular weight excluding hydrogens is 630 g/mol. The van der Waals surface area contributed by atoms with E-state index >= 15 is 0 Å². The largest absolute Gasteiger partial charge is 0.481 e. The smallest absolute Gasteiger partial charge is 0.300 e. The highest BCUT2D eigenvalue weighted by Crippen LogP contribution is 2.27. The average Bonchev–Trinajstić information content (AvgIpc) is 3.90. The topological polar surface area (TPSA) is 250 Å². The molecule has 2 atom stereocenters. The molecule has 47 heavy (non-hydrogen) atoms. The Labute approximate surface area is 276 Å². The summed E-state index contributed by atoms with van der Waals surface area (Å²) in [4.78, 5) is 80.5. The maximum absolute atomic E-state index is 13.8. The van der Waals surface area contributed by atoms with Crippen molar-refractivity contribution in [1.82, 2.24) is 45.7 Å². The van der Waals surface area contributed by atoms with Crippen LogP contribution in [0.5, 0.6) is 0 Å². The summed E-state index contributed by atoms with van der Waals surface area (Å²) in [5.74, 6) is -2.34. The third-order valence-corrected chi connectivity index (χ3v) is 7.93. The standard InChI is InChI=1S/C27H37N11O4S.C2H4O2/c28-26(29)37-11-1-3-18(16-37)14-35-22(39)13-20(36-23(40)17-43-27-33-6-2-7-34-27)25(42)38(19-4-5-19)12-10-32-24(41)21-15-30-8-9-31-21;1-2(3)4/h2,6-9,15,18-20H,1,3-5,10-14,16-17H2,(H3,28,29)(H,32,41)(H,35,39)(H,36,40);1H3,(H,3,4)/t18-,20-;/m0./s1. The van der Waals surface area contributed by atoms with Crippen LogP contribution in [0, 0.1) is 11.3 Å². The molecular formula is C29H41N11O6S. The normalized spacial score (nSPS) is 16.0. The van der Waals surface area contributed by atoms with Crippen molar-refractivity contribution in [2.45, 2.75) is 56.3 Å². The molecule has 2 fully saturated rings. The minimum atomic E-state index is -1.10. The van der Waals surface area contributed by atoms with Crippen molar-refractivity contribution in [2.24, 2.45) is 11.7 Å². The first-order valence-corrected chi connectivity index (χ1v) is 16.1. The molecule has 0 bridgehead atoms. The van der Waals surface area contributed by atoms with E-state index in [-0.39, 0.29) is 60.7 Å². The van der Waals surface area contributed by atoms with Crippen LogP contribution in [0.1, 0.15) is 49.5 Å². The number of carboxylic acids is 1. The molecule has 1 aliphatic carbocycles. The monoisotopic (exact) mass is 671 g/mol. The molecule has 0 unspecified atom stereocenters. The minimum absolute atomic E-state index is 0.0104. The molecule has 0 spiro atoms. The molecule has 1 saturated carbocycles. The summed E-state index contributed by atoms with van der Waals surface area (Å²) < 4.78 is 0. The van der Waals surface area contributed by atoms with Crippen molar-refractivity contribution < 1.29 is 29.1 Å². The Bertz CT molecular complexity index is 1360. The average molecular weight is 672 g/mol. The molecule has 18 heteroatoms. The summed E-state index contributed by atoms with van der Waals surface area (Å²) in [7, 11) is 0. The predicted molar refractivity (Wildman–Crippen MR) is 171 cm³/mol. The van der Waals surface area contributed by atoms with Gasteiger partial charge in [-0.25, -0.2) is 15.0 Å².